The van der Waals surface area contributed by atoms with Gasteiger partial charge in [0.25, 0.3) is 0 Å². The minimum atomic E-state index is -0.165. The highest BCUT2D eigenvalue weighted by Gasteiger charge is 2.27. The van der Waals surface area contributed by atoms with Crippen LogP contribution in [0.25, 0.3) is 0 Å². The lowest BCUT2D eigenvalue weighted by atomic mass is 10.0. The van der Waals surface area contributed by atoms with Gasteiger partial charge < -0.3 is 10.6 Å². The second-order valence-electron chi connectivity index (χ2n) is 6.33. The van der Waals surface area contributed by atoms with Crippen LogP contribution in [0.1, 0.15) is 45.6 Å². The molecule has 0 bridgehead atoms. The Balaban J connectivity index is 2.26. The van der Waals surface area contributed by atoms with Gasteiger partial charge in [-0.3, -0.25) is 0 Å². The maximum Gasteiger partial charge on any atom is 0.123 e. The molecule has 0 spiro atoms. The van der Waals surface area contributed by atoms with Gasteiger partial charge in [-0.25, -0.2) is 4.39 Å². The molecule has 0 aliphatic heterocycles. The quantitative estimate of drug-likeness (QED) is 0.823. The molecular formula is C17H27FN2. The summed E-state index contributed by atoms with van der Waals surface area (Å²) in [7, 11) is 0. The number of hydrogen-bond donors (Lipinski definition) is 1. The Morgan fingerprint density at radius 3 is 2.60 bits per heavy atom. The highest BCUT2D eigenvalue weighted by molar-refractivity contribution is 5.55. The van der Waals surface area contributed by atoms with Crippen molar-refractivity contribution in [3.05, 3.63) is 29.6 Å². The van der Waals surface area contributed by atoms with Gasteiger partial charge >= 0.3 is 0 Å². The maximum absolute atomic E-state index is 13.6. The lowest BCUT2D eigenvalue weighted by Crippen LogP contribution is -2.34. The summed E-state index contributed by atoms with van der Waals surface area (Å²) in [4.78, 5) is 2.41. The zero-order chi connectivity index (χ0) is 14.7. The van der Waals surface area contributed by atoms with Crippen LogP contribution >= 0.6 is 0 Å². The molecule has 1 unspecified atom stereocenters. The third-order valence-corrected chi connectivity index (χ3v) is 4.13. The van der Waals surface area contributed by atoms with E-state index in [0.29, 0.717) is 6.04 Å². The van der Waals surface area contributed by atoms with Crippen LogP contribution in [-0.2, 0) is 6.42 Å². The van der Waals surface area contributed by atoms with E-state index < -0.39 is 0 Å². The smallest absolute Gasteiger partial charge is 0.123 e. The van der Waals surface area contributed by atoms with Crippen LogP contribution in [0.4, 0.5) is 10.1 Å². The number of anilines is 1. The van der Waals surface area contributed by atoms with Crippen LogP contribution < -0.4 is 10.6 Å². The molecule has 2 rings (SSSR count). The normalized spacial score (nSPS) is 16.5. The van der Waals surface area contributed by atoms with E-state index >= 15 is 0 Å². The highest BCUT2D eigenvalue weighted by Crippen LogP contribution is 2.34. The maximum atomic E-state index is 13.6. The average Bonchev–Trinajstić information content (AvgIpc) is 3.20. The summed E-state index contributed by atoms with van der Waals surface area (Å²) < 4.78 is 13.6. The second kappa shape index (κ2) is 6.57. The molecule has 1 aromatic rings. The molecule has 2 nitrogen and oxygen atoms in total. The molecule has 2 N–H and O–H groups in total. The number of hydrogen-bond acceptors (Lipinski definition) is 2. The monoisotopic (exact) mass is 278 g/mol. The summed E-state index contributed by atoms with van der Waals surface area (Å²) >= 11 is 0. The van der Waals surface area contributed by atoms with Crippen molar-refractivity contribution < 1.29 is 4.39 Å². The van der Waals surface area contributed by atoms with Crippen LogP contribution in [0.5, 0.6) is 0 Å². The second-order valence-corrected chi connectivity index (χ2v) is 6.33. The van der Waals surface area contributed by atoms with Crippen LogP contribution in [0.2, 0.25) is 0 Å². The zero-order valence-corrected chi connectivity index (χ0v) is 12.9. The number of benzene rings is 1. The van der Waals surface area contributed by atoms with Crippen molar-refractivity contribution in [2.75, 3.05) is 11.4 Å². The summed E-state index contributed by atoms with van der Waals surface area (Å²) in [6.07, 6.45) is 4.32. The van der Waals surface area contributed by atoms with Gasteiger partial charge in [0.2, 0.25) is 0 Å². The van der Waals surface area contributed by atoms with Gasteiger partial charge in [-0.15, -0.1) is 0 Å². The molecule has 1 fully saturated rings. The van der Waals surface area contributed by atoms with Crippen molar-refractivity contribution in [2.45, 2.75) is 58.5 Å². The molecule has 20 heavy (non-hydrogen) atoms. The van der Waals surface area contributed by atoms with Crippen molar-refractivity contribution in [1.82, 2.24) is 0 Å². The first-order valence-corrected chi connectivity index (χ1v) is 7.81. The zero-order valence-electron chi connectivity index (χ0n) is 12.9. The number of nitrogens with zero attached hydrogens (tertiary/aromatic N) is 1. The third-order valence-electron chi connectivity index (χ3n) is 4.13. The van der Waals surface area contributed by atoms with E-state index in [1.165, 1.54) is 12.8 Å². The van der Waals surface area contributed by atoms with Crippen LogP contribution in [0, 0.1) is 11.7 Å². The van der Waals surface area contributed by atoms with Crippen molar-refractivity contribution >= 4 is 5.69 Å². The predicted octanol–water partition coefficient (Wildman–Crippen LogP) is 3.73. The molecule has 0 heterocycles. The molecular weight excluding hydrogens is 251 g/mol. The fourth-order valence-electron chi connectivity index (χ4n) is 2.59. The van der Waals surface area contributed by atoms with Gasteiger partial charge in [0.1, 0.15) is 5.82 Å². The summed E-state index contributed by atoms with van der Waals surface area (Å²) in [5, 5.41) is 0. The number of halogens is 1. The Labute approximate surface area is 122 Å². The minimum Gasteiger partial charge on any atom is -0.369 e. The standard InChI is InChI=1S/C17H27FN2/c1-4-16(19)10-14-9-15(18)7-8-17(14)20(12(2)3)11-13-5-6-13/h7-9,12-13,16H,4-6,10-11,19H2,1-3H3. The van der Waals surface area contributed by atoms with E-state index in [1.807, 2.05) is 6.07 Å². The molecule has 1 saturated carbocycles. The highest BCUT2D eigenvalue weighted by atomic mass is 19.1. The van der Waals surface area contributed by atoms with E-state index in [-0.39, 0.29) is 11.9 Å². The summed E-state index contributed by atoms with van der Waals surface area (Å²) in [5.74, 6) is 0.650. The van der Waals surface area contributed by atoms with Gasteiger partial charge in [-0.05, 0) is 69.2 Å². The van der Waals surface area contributed by atoms with E-state index in [1.54, 1.807) is 12.1 Å². The van der Waals surface area contributed by atoms with Crippen LogP contribution in [-0.4, -0.2) is 18.6 Å². The van der Waals surface area contributed by atoms with E-state index in [9.17, 15) is 4.39 Å². The van der Waals surface area contributed by atoms with Gasteiger partial charge in [0.15, 0.2) is 0 Å². The summed E-state index contributed by atoms with van der Waals surface area (Å²) in [5.41, 5.74) is 8.29. The molecule has 0 amide bonds. The molecule has 1 atom stereocenters. The van der Waals surface area contributed by atoms with Crippen molar-refractivity contribution in [2.24, 2.45) is 11.7 Å². The summed E-state index contributed by atoms with van der Waals surface area (Å²) in [6, 6.07) is 5.68. The number of nitrogens with two attached hydrogens (primary N) is 1. The van der Waals surface area contributed by atoms with Gasteiger partial charge in [-0.2, -0.15) is 0 Å². The molecule has 0 aromatic heterocycles. The third kappa shape index (κ3) is 3.95. The lowest BCUT2D eigenvalue weighted by molar-refractivity contribution is 0.603. The molecule has 1 aromatic carbocycles. The average molecular weight is 278 g/mol. The number of rotatable bonds is 7. The van der Waals surface area contributed by atoms with E-state index in [2.05, 4.69) is 25.7 Å². The van der Waals surface area contributed by atoms with Crippen LogP contribution in [0.3, 0.4) is 0 Å². The Morgan fingerprint density at radius 2 is 2.05 bits per heavy atom. The fourth-order valence-corrected chi connectivity index (χ4v) is 2.59. The van der Waals surface area contributed by atoms with Crippen molar-refractivity contribution in [1.29, 1.82) is 0 Å². The fraction of sp³-hybridized carbons (Fsp3) is 0.647. The van der Waals surface area contributed by atoms with Crippen molar-refractivity contribution in [3.8, 4) is 0 Å². The molecule has 0 saturated heterocycles. The molecule has 1 aliphatic rings. The topological polar surface area (TPSA) is 29.3 Å². The minimum absolute atomic E-state index is 0.102. The lowest BCUT2D eigenvalue weighted by Gasteiger charge is -2.31. The first-order valence-electron chi connectivity index (χ1n) is 7.81. The molecule has 3 heteroatoms. The largest absolute Gasteiger partial charge is 0.369 e. The van der Waals surface area contributed by atoms with Crippen LogP contribution in [0.15, 0.2) is 18.2 Å². The molecule has 112 valence electrons. The molecule has 0 radical (unpaired) electrons. The first kappa shape index (κ1) is 15.3. The Kier molecular flexibility index (Phi) is 5.03. The van der Waals surface area contributed by atoms with Gasteiger partial charge in [-0.1, -0.05) is 6.92 Å². The molecule has 1 aliphatic carbocycles. The summed E-state index contributed by atoms with van der Waals surface area (Å²) in [6.45, 7) is 7.57. The Bertz CT molecular complexity index is 441. The van der Waals surface area contributed by atoms with Crippen molar-refractivity contribution in [3.63, 3.8) is 0 Å². The predicted molar refractivity (Wildman–Crippen MR) is 83.6 cm³/mol. The first-order chi connectivity index (χ1) is 9.51. The van der Waals surface area contributed by atoms with E-state index in [4.69, 9.17) is 5.73 Å². The Hall–Kier alpha value is -1.09. The van der Waals surface area contributed by atoms with Gasteiger partial charge in [0.05, 0.1) is 0 Å². The Morgan fingerprint density at radius 1 is 1.35 bits per heavy atom. The SMILES string of the molecule is CCC(N)Cc1cc(F)ccc1N(CC1CC1)C(C)C. The van der Waals surface area contributed by atoms with E-state index in [0.717, 1.165) is 36.6 Å². The van der Waals surface area contributed by atoms with Gasteiger partial charge in [0, 0.05) is 24.3 Å².